The van der Waals surface area contributed by atoms with Crippen LogP contribution in [0.2, 0.25) is 0 Å². The minimum Gasteiger partial charge on any atom is -0.357 e. The van der Waals surface area contributed by atoms with Gasteiger partial charge in [0, 0.05) is 52.4 Å². The van der Waals surface area contributed by atoms with Gasteiger partial charge in [0.05, 0.1) is 6.54 Å². The van der Waals surface area contributed by atoms with Crippen LogP contribution in [0.15, 0.2) is 29.3 Å². The van der Waals surface area contributed by atoms with Crippen LogP contribution in [0, 0.1) is 6.92 Å². The van der Waals surface area contributed by atoms with Gasteiger partial charge in [0.15, 0.2) is 5.96 Å². The first kappa shape index (κ1) is 23.2. The van der Waals surface area contributed by atoms with Crippen LogP contribution in [-0.4, -0.2) is 80.1 Å². The monoisotopic (exact) mass is 473 g/mol. The quantitative estimate of drug-likeness (QED) is 0.392. The summed E-state index contributed by atoms with van der Waals surface area (Å²) in [5.74, 6) is 0.992. The Labute approximate surface area is 176 Å². The topological polar surface area (TPSA) is 34.1 Å². The van der Waals surface area contributed by atoms with E-state index in [0.717, 1.165) is 51.8 Å². The van der Waals surface area contributed by atoms with E-state index in [-0.39, 0.29) is 24.0 Å². The number of nitrogens with zero attached hydrogens (tertiary/aromatic N) is 4. The van der Waals surface area contributed by atoms with Crippen molar-refractivity contribution in [3.8, 4) is 0 Å². The Kier molecular flexibility index (Phi) is 10.5. The van der Waals surface area contributed by atoms with Crippen LogP contribution in [0.25, 0.3) is 0 Å². The zero-order valence-electron chi connectivity index (χ0n) is 17.0. The van der Waals surface area contributed by atoms with Crippen LogP contribution in [0.1, 0.15) is 25.0 Å². The van der Waals surface area contributed by atoms with E-state index in [1.54, 1.807) is 0 Å². The molecule has 2 rings (SSSR count). The molecule has 0 aliphatic carbocycles. The second kappa shape index (κ2) is 11.8. The maximum atomic E-state index is 4.91. The van der Waals surface area contributed by atoms with E-state index < -0.39 is 0 Å². The maximum Gasteiger partial charge on any atom is 0.194 e. The normalized spacial score (nSPS) is 17.5. The van der Waals surface area contributed by atoms with Crippen molar-refractivity contribution in [1.82, 2.24) is 20.0 Å². The molecule has 1 atom stereocenters. The Morgan fingerprint density at radius 3 is 2.50 bits per heavy atom. The van der Waals surface area contributed by atoms with Gasteiger partial charge < -0.3 is 15.1 Å². The third kappa shape index (κ3) is 7.04. The van der Waals surface area contributed by atoms with E-state index in [4.69, 9.17) is 4.99 Å². The third-order valence-electron chi connectivity index (χ3n) is 5.03. The number of aryl methyl sites for hydroxylation is 1. The molecule has 0 bridgehead atoms. The number of rotatable bonds is 6. The molecule has 1 aromatic rings. The molecule has 0 amide bonds. The third-order valence-corrected chi connectivity index (χ3v) is 5.03. The summed E-state index contributed by atoms with van der Waals surface area (Å²) in [5.41, 5.74) is 2.68. The SMILES string of the molecule is CCNC(=NCC(C)N1CCN(C)CC1)N(C)Cc1ccccc1C.I. The fourth-order valence-electron chi connectivity index (χ4n) is 3.18. The van der Waals surface area contributed by atoms with E-state index in [2.05, 4.69) is 79.1 Å². The predicted molar refractivity (Wildman–Crippen MR) is 123 cm³/mol. The van der Waals surface area contributed by atoms with Crippen LogP contribution in [-0.2, 0) is 6.54 Å². The summed E-state index contributed by atoms with van der Waals surface area (Å²) in [7, 11) is 4.32. The molecule has 0 saturated carbocycles. The van der Waals surface area contributed by atoms with Crippen LogP contribution in [0.5, 0.6) is 0 Å². The number of hydrogen-bond donors (Lipinski definition) is 1. The Bertz CT molecular complexity index is 555. The Balaban J connectivity index is 0.00000338. The van der Waals surface area contributed by atoms with Crippen molar-refractivity contribution in [2.24, 2.45) is 4.99 Å². The van der Waals surface area contributed by atoms with E-state index in [1.807, 2.05) is 0 Å². The number of aliphatic imine (C=N–C) groups is 1. The molecule has 5 nitrogen and oxygen atoms in total. The molecule has 0 radical (unpaired) electrons. The molecule has 0 aromatic heterocycles. The fourth-order valence-corrected chi connectivity index (χ4v) is 3.18. The average molecular weight is 473 g/mol. The Morgan fingerprint density at radius 1 is 1.23 bits per heavy atom. The molecule has 1 N–H and O–H groups in total. The highest BCUT2D eigenvalue weighted by molar-refractivity contribution is 14.0. The summed E-state index contributed by atoms with van der Waals surface area (Å²) in [4.78, 5) is 12.1. The fraction of sp³-hybridized carbons (Fsp3) is 0.650. The molecule has 6 heteroatoms. The van der Waals surface area contributed by atoms with Crippen LogP contribution < -0.4 is 5.32 Å². The number of hydrogen-bond acceptors (Lipinski definition) is 3. The van der Waals surface area contributed by atoms with E-state index in [0.29, 0.717) is 6.04 Å². The molecule has 1 heterocycles. The molecular formula is C20H36IN5. The van der Waals surface area contributed by atoms with Gasteiger partial charge in [0.25, 0.3) is 0 Å². The number of piperazine rings is 1. The molecule has 1 saturated heterocycles. The summed E-state index contributed by atoms with van der Waals surface area (Å²) in [6.45, 7) is 13.8. The summed E-state index contributed by atoms with van der Waals surface area (Å²) in [6, 6.07) is 9.05. The van der Waals surface area contributed by atoms with Crippen molar-refractivity contribution < 1.29 is 0 Å². The van der Waals surface area contributed by atoms with Crippen molar-refractivity contribution in [3.63, 3.8) is 0 Å². The van der Waals surface area contributed by atoms with Gasteiger partial charge in [0.2, 0.25) is 0 Å². The van der Waals surface area contributed by atoms with Crippen molar-refractivity contribution in [2.75, 3.05) is 53.4 Å². The van der Waals surface area contributed by atoms with Gasteiger partial charge in [-0.3, -0.25) is 9.89 Å². The number of benzene rings is 1. The molecule has 1 unspecified atom stereocenters. The molecule has 0 spiro atoms. The standard InChI is InChI=1S/C20H35N5.HI/c1-6-21-20(24(5)16-19-10-8-7-9-17(19)2)22-15-18(3)25-13-11-23(4)12-14-25;/h7-10,18H,6,11-16H2,1-5H3,(H,21,22);1H. The van der Waals surface area contributed by atoms with Gasteiger partial charge >= 0.3 is 0 Å². The second-order valence-electron chi connectivity index (χ2n) is 7.17. The predicted octanol–water partition coefficient (Wildman–Crippen LogP) is 2.65. The van der Waals surface area contributed by atoms with Gasteiger partial charge in [0.1, 0.15) is 0 Å². The van der Waals surface area contributed by atoms with Gasteiger partial charge in [-0.1, -0.05) is 24.3 Å². The molecule has 148 valence electrons. The zero-order chi connectivity index (χ0) is 18.2. The second-order valence-corrected chi connectivity index (χ2v) is 7.17. The van der Waals surface area contributed by atoms with E-state index in [9.17, 15) is 0 Å². The van der Waals surface area contributed by atoms with Crippen LogP contribution in [0.4, 0.5) is 0 Å². The summed E-state index contributed by atoms with van der Waals surface area (Å²) in [6.07, 6.45) is 0. The minimum atomic E-state index is 0. The van der Waals surface area contributed by atoms with Crippen LogP contribution in [0.3, 0.4) is 0 Å². The molecular weight excluding hydrogens is 437 g/mol. The molecule has 1 aliphatic heterocycles. The highest BCUT2D eigenvalue weighted by Crippen LogP contribution is 2.10. The van der Waals surface area contributed by atoms with E-state index in [1.165, 1.54) is 11.1 Å². The van der Waals surface area contributed by atoms with Gasteiger partial charge in [-0.05, 0) is 38.9 Å². The molecule has 1 aliphatic rings. The number of halogens is 1. The lowest BCUT2D eigenvalue weighted by atomic mass is 10.1. The van der Waals surface area contributed by atoms with Crippen molar-refractivity contribution in [2.45, 2.75) is 33.4 Å². The highest BCUT2D eigenvalue weighted by atomic mass is 127. The molecule has 1 fully saturated rings. The number of nitrogens with one attached hydrogen (secondary N) is 1. The first-order valence-corrected chi connectivity index (χ1v) is 9.47. The number of likely N-dealkylation sites (N-methyl/N-ethyl adjacent to an activating group) is 1. The van der Waals surface area contributed by atoms with Crippen molar-refractivity contribution >= 4 is 29.9 Å². The summed E-state index contributed by atoms with van der Waals surface area (Å²) in [5, 5.41) is 3.44. The zero-order valence-corrected chi connectivity index (χ0v) is 19.4. The first-order valence-electron chi connectivity index (χ1n) is 9.47. The van der Waals surface area contributed by atoms with Gasteiger partial charge in [-0.15, -0.1) is 24.0 Å². The summed E-state index contributed by atoms with van der Waals surface area (Å²) < 4.78 is 0. The number of guanidine groups is 1. The highest BCUT2D eigenvalue weighted by Gasteiger charge is 2.19. The van der Waals surface area contributed by atoms with E-state index >= 15 is 0 Å². The van der Waals surface area contributed by atoms with Gasteiger partial charge in [-0.2, -0.15) is 0 Å². The van der Waals surface area contributed by atoms with Crippen molar-refractivity contribution in [3.05, 3.63) is 35.4 Å². The lowest BCUT2D eigenvalue weighted by molar-refractivity contribution is 0.122. The lowest BCUT2D eigenvalue weighted by Crippen LogP contribution is -2.49. The van der Waals surface area contributed by atoms with Crippen molar-refractivity contribution in [1.29, 1.82) is 0 Å². The first-order chi connectivity index (χ1) is 12.0. The summed E-state index contributed by atoms with van der Waals surface area (Å²) >= 11 is 0. The largest absolute Gasteiger partial charge is 0.357 e. The van der Waals surface area contributed by atoms with Crippen LogP contribution >= 0.6 is 24.0 Å². The maximum absolute atomic E-state index is 4.91. The lowest BCUT2D eigenvalue weighted by Gasteiger charge is -2.36. The Hall–Kier alpha value is -0.860. The molecule has 1 aromatic carbocycles. The Morgan fingerprint density at radius 2 is 1.88 bits per heavy atom. The smallest absolute Gasteiger partial charge is 0.194 e. The van der Waals surface area contributed by atoms with Gasteiger partial charge in [-0.25, -0.2) is 0 Å². The average Bonchev–Trinajstić information content (AvgIpc) is 2.60. The minimum absolute atomic E-state index is 0. The molecule has 26 heavy (non-hydrogen) atoms.